The van der Waals surface area contributed by atoms with Gasteiger partial charge in [-0.3, -0.25) is 14.3 Å². The van der Waals surface area contributed by atoms with Crippen LogP contribution >= 0.6 is 22.9 Å². The number of primary amides is 1. The second-order valence-corrected chi connectivity index (χ2v) is 9.89. The molecule has 5 rings (SSSR count). The minimum Gasteiger partial charge on any atom is -0.365 e. The minimum absolute atomic E-state index is 0.0101. The fourth-order valence-corrected chi connectivity index (χ4v) is 5.20. The summed E-state index contributed by atoms with van der Waals surface area (Å²) in [5, 5.41) is 6.24. The van der Waals surface area contributed by atoms with E-state index in [0.29, 0.717) is 35.1 Å². The Labute approximate surface area is 199 Å². The van der Waals surface area contributed by atoms with E-state index in [1.165, 1.54) is 0 Å². The third-order valence-corrected chi connectivity index (χ3v) is 7.30. The molecule has 0 unspecified atom stereocenters. The number of benzene rings is 2. The Morgan fingerprint density at radius 2 is 1.97 bits per heavy atom. The van der Waals surface area contributed by atoms with Crippen LogP contribution in [0.4, 0.5) is 0 Å². The normalized spacial score (nSPS) is 13.4. The number of rotatable bonds is 4. The van der Waals surface area contributed by atoms with Gasteiger partial charge in [0.2, 0.25) is 5.91 Å². The average Bonchev–Trinajstić information content (AvgIpc) is 3.34. The van der Waals surface area contributed by atoms with Crippen molar-refractivity contribution in [3.63, 3.8) is 0 Å². The van der Waals surface area contributed by atoms with Gasteiger partial charge in [-0.05, 0) is 43.2 Å². The molecule has 0 saturated heterocycles. The molecule has 9 heteroatoms. The summed E-state index contributed by atoms with van der Waals surface area (Å²) >= 11 is 7.93. The Morgan fingerprint density at radius 1 is 1.15 bits per heavy atom. The van der Waals surface area contributed by atoms with Crippen molar-refractivity contribution in [1.29, 1.82) is 0 Å². The largest absolute Gasteiger partial charge is 0.365 e. The number of carbonyl (C=O) groups is 2. The molecule has 0 atom stereocenters. The predicted molar refractivity (Wildman–Crippen MR) is 129 cm³/mol. The fraction of sp³-hybridized carbons (Fsp3) is 0.250. The van der Waals surface area contributed by atoms with Crippen molar-refractivity contribution in [3.8, 4) is 11.3 Å². The number of amides is 2. The van der Waals surface area contributed by atoms with Gasteiger partial charge in [0.05, 0.1) is 46.0 Å². The third-order valence-electron chi connectivity index (χ3n) is 5.94. The fourth-order valence-electron chi connectivity index (χ4n) is 4.22. The standard InChI is InChI=1S/C24H22ClN5O2S/c1-13-3-5-16(11-17(13)25)23-22(24(26)32)19-12-29(7-8-30(19)28-23)21(31)10-15-4-6-20-18(9-15)27-14(2)33-20/h3-6,9,11H,7-8,10,12H2,1-2H3,(H2,26,32). The first kappa shape index (κ1) is 21.6. The summed E-state index contributed by atoms with van der Waals surface area (Å²) in [6, 6.07) is 11.5. The zero-order chi connectivity index (χ0) is 23.3. The average molecular weight is 480 g/mol. The highest BCUT2D eigenvalue weighted by Crippen LogP contribution is 2.31. The number of nitrogens with two attached hydrogens (primary N) is 1. The number of carbonyl (C=O) groups excluding carboxylic acids is 2. The van der Waals surface area contributed by atoms with Crippen molar-refractivity contribution < 1.29 is 9.59 Å². The molecule has 33 heavy (non-hydrogen) atoms. The monoisotopic (exact) mass is 479 g/mol. The van der Waals surface area contributed by atoms with E-state index in [-0.39, 0.29) is 18.9 Å². The maximum atomic E-state index is 13.1. The molecule has 2 amide bonds. The number of aromatic nitrogens is 3. The second-order valence-electron chi connectivity index (χ2n) is 8.25. The number of thiazole rings is 1. The molecule has 0 spiro atoms. The first-order valence-electron chi connectivity index (χ1n) is 10.6. The number of hydrogen-bond donors (Lipinski definition) is 1. The number of nitrogens with zero attached hydrogens (tertiary/aromatic N) is 4. The summed E-state index contributed by atoms with van der Waals surface area (Å²) in [4.78, 5) is 31.8. The van der Waals surface area contributed by atoms with Crippen LogP contribution in [0.25, 0.3) is 21.5 Å². The van der Waals surface area contributed by atoms with E-state index in [9.17, 15) is 9.59 Å². The molecule has 2 aromatic carbocycles. The number of aryl methyl sites for hydroxylation is 2. The van der Waals surface area contributed by atoms with Crippen LogP contribution in [0.5, 0.6) is 0 Å². The second kappa shape index (κ2) is 8.28. The van der Waals surface area contributed by atoms with E-state index >= 15 is 0 Å². The molecule has 7 nitrogen and oxygen atoms in total. The molecule has 0 aliphatic carbocycles. The Morgan fingerprint density at radius 3 is 2.73 bits per heavy atom. The van der Waals surface area contributed by atoms with Gasteiger partial charge >= 0.3 is 0 Å². The zero-order valence-electron chi connectivity index (χ0n) is 18.3. The van der Waals surface area contributed by atoms with Gasteiger partial charge in [0.1, 0.15) is 5.69 Å². The lowest BCUT2D eigenvalue weighted by Gasteiger charge is -2.28. The summed E-state index contributed by atoms with van der Waals surface area (Å²) in [5.41, 5.74) is 10.7. The predicted octanol–water partition coefficient (Wildman–Crippen LogP) is 4.11. The van der Waals surface area contributed by atoms with Crippen LogP contribution in [0.2, 0.25) is 5.02 Å². The van der Waals surface area contributed by atoms with Crippen molar-refractivity contribution in [2.75, 3.05) is 6.54 Å². The Kier molecular flexibility index (Phi) is 5.42. The molecule has 2 N–H and O–H groups in total. The summed E-state index contributed by atoms with van der Waals surface area (Å²) in [5.74, 6) is -0.578. The van der Waals surface area contributed by atoms with E-state index < -0.39 is 5.91 Å². The molecule has 0 saturated carbocycles. The zero-order valence-corrected chi connectivity index (χ0v) is 19.8. The summed E-state index contributed by atoms with van der Waals surface area (Å²) in [6.07, 6.45) is 0.271. The van der Waals surface area contributed by atoms with Crippen molar-refractivity contribution >= 4 is 45.0 Å². The highest BCUT2D eigenvalue weighted by atomic mass is 35.5. The quantitative estimate of drug-likeness (QED) is 0.476. The van der Waals surface area contributed by atoms with Gasteiger partial charge in [-0.2, -0.15) is 5.10 Å². The van der Waals surface area contributed by atoms with Gasteiger partial charge in [-0.15, -0.1) is 11.3 Å². The van der Waals surface area contributed by atoms with Crippen molar-refractivity contribution in [2.45, 2.75) is 33.4 Å². The topological polar surface area (TPSA) is 94.1 Å². The Hall–Kier alpha value is -3.23. The van der Waals surface area contributed by atoms with Gasteiger partial charge in [-0.1, -0.05) is 29.8 Å². The molecule has 1 aliphatic rings. The Bertz CT molecular complexity index is 1420. The molecule has 1 aliphatic heterocycles. The Balaban J connectivity index is 1.42. The van der Waals surface area contributed by atoms with Crippen LogP contribution in [0.3, 0.4) is 0 Å². The van der Waals surface area contributed by atoms with Crippen molar-refractivity contribution in [2.24, 2.45) is 5.73 Å². The number of halogens is 1. The molecule has 0 bridgehead atoms. The van der Waals surface area contributed by atoms with Crippen LogP contribution in [0.15, 0.2) is 36.4 Å². The van der Waals surface area contributed by atoms with E-state index in [2.05, 4.69) is 10.1 Å². The lowest BCUT2D eigenvalue weighted by molar-refractivity contribution is -0.132. The molecule has 0 radical (unpaired) electrons. The van der Waals surface area contributed by atoms with Crippen LogP contribution in [-0.2, 0) is 24.3 Å². The number of fused-ring (bicyclic) bond motifs is 2. The van der Waals surface area contributed by atoms with E-state index in [1.54, 1.807) is 27.0 Å². The van der Waals surface area contributed by atoms with Crippen molar-refractivity contribution in [3.05, 3.63) is 68.8 Å². The smallest absolute Gasteiger partial charge is 0.252 e. The van der Waals surface area contributed by atoms with E-state index in [0.717, 1.165) is 31.9 Å². The first-order chi connectivity index (χ1) is 15.8. The van der Waals surface area contributed by atoms with Crippen LogP contribution < -0.4 is 5.73 Å². The van der Waals surface area contributed by atoms with Gasteiger partial charge in [-0.25, -0.2) is 4.98 Å². The molecular formula is C24H22ClN5O2S. The van der Waals surface area contributed by atoms with Gasteiger partial charge in [0.15, 0.2) is 0 Å². The highest BCUT2D eigenvalue weighted by molar-refractivity contribution is 7.18. The first-order valence-corrected chi connectivity index (χ1v) is 11.8. The summed E-state index contributed by atoms with van der Waals surface area (Å²) in [7, 11) is 0. The molecule has 2 aromatic heterocycles. The molecule has 4 aromatic rings. The van der Waals surface area contributed by atoms with Crippen LogP contribution in [-0.4, -0.2) is 38.0 Å². The lowest BCUT2D eigenvalue weighted by atomic mass is 10.0. The minimum atomic E-state index is -0.568. The van der Waals surface area contributed by atoms with E-state index in [4.69, 9.17) is 17.3 Å². The maximum Gasteiger partial charge on any atom is 0.252 e. The molecule has 168 valence electrons. The SMILES string of the molecule is Cc1nc2cc(CC(=O)N3CCn4nc(-c5ccc(C)c(Cl)c5)c(C(N)=O)c4C3)ccc2s1. The molecule has 3 heterocycles. The number of hydrogen-bond acceptors (Lipinski definition) is 5. The maximum absolute atomic E-state index is 13.1. The summed E-state index contributed by atoms with van der Waals surface area (Å²) < 4.78 is 2.89. The van der Waals surface area contributed by atoms with Crippen LogP contribution in [0, 0.1) is 13.8 Å². The van der Waals surface area contributed by atoms with E-state index in [1.807, 2.05) is 44.2 Å². The molecular weight excluding hydrogens is 458 g/mol. The van der Waals surface area contributed by atoms with Gasteiger partial charge < -0.3 is 10.6 Å². The third kappa shape index (κ3) is 4.00. The summed E-state index contributed by atoms with van der Waals surface area (Å²) in [6.45, 7) is 5.17. The van der Waals surface area contributed by atoms with Gasteiger partial charge in [0.25, 0.3) is 5.91 Å². The van der Waals surface area contributed by atoms with Crippen molar-refractivity contribution in [1.82, 2.24) is 19.7 Å². The van der Waals surface area contributed by atoms with Gasteiger partial charge in [0, 0.05) is 17.1 Å². The van der Waals surface area contributed by atoms with Crippen LogP contribution in [0.1, 0.15) is 32.2 Å². The molecule has 0 fully saturated rings. The highest BCUT2D eigenvalue weighted by Gasteiger charge is 2.29. The lowest BCUT2D eigenvalue weighted by Crippen LogP contribution is -2.40.